The van der Waals surface area contributed by atoms with E-state index in [0.29, 0.717) is 5.41 Å². The van der Waals surface area contributed by atoms with Crippen LogP contribution in [0.5, 0.6) is 0 Å². The number of rotatable bonds is 0. The molecule has 3 atom stereocenters. The van der Waals surface area contributed by atoms with Gasteiger partial charge in [0.25, 0.3) is 0 Å². The van der Waals surface area contributed by atoms with E-state index in [0.717, 1.165) is 12.8 Å². The standard InChI is InChI=1S/C16H21N/c1-15-9-10-16(7-2-3-8-16)11-13(15)5-4-6-14(15)12-17/h2,5,7,14H,3-4,6,8-11H2,1H3. The molecule has 3 aliphatic carbocycles. The van der Waals surface area contributed by atoms with Gasteiger partial charge in [-0.05, 0) is 50.4 Å². The summed E-state index contributed by atoms with van der Waals surface area (Å²) < 4.78 is 0. The molecule has 0 aromatic carbocycles. The van der Waals surface area contributed by atoms with Gasteiger partial charge in [0, 0.05) is 5.41 Å². The molecule has 1 fully saturated rings. The summed E-state index contributed by atoms with van der Waals surface area (Å²) in [6, 6.07) is 2.56. The van der Waals surface area contributed by atoms with Crippen LogP contribution < -0.4 is 0 Å². The molecule has 1 spiro atoms. The number of hydrogen-bond acceptors (Lipinski definition) is 1. The fraction of sp³-hybridized carbons (Fsp3) is 0.688. The predicted octanol–water partition coefficient (Wildman–Crippen LogP) is 4.37. The first-order valence-corrected chi connectivity index (χ1v) is 6.95. The molecule has 3 rings (SSSR count). The molecule has 17 heavy (non-hydrogen) atoms. The predicted molar refractivity (Wildman–Crippen MR) is 69.2 cm³/mol. The summed E-state index contributed by atoms with van der Waals surface area (Å²) in [6.07, 6.45) is 15.7. The third kappa shape index (κ3) is 1.58. The number of nitrogens with zero attached hydrogens (tertiary/aromatic N) is 1. The van der Waals surface area contributed by atoms with E-state index < -0.39 is 0 Å². The Labute approximate surface area is 104 Å². The van der Waals surface area contributed by atoms with Crippen molar-refractivity contribution in [2.45, 2.75) is 51.9 Å². The minimum Gasteiger partial charge on any atom is -0.198 e. The summed E-state index contributed by atoms with van der Waals surface area (Å²) in [5.74, 6) is 0.255. The average Bonchev–Trinajstić information content (AvgIpc) is 2.78. The second-order valence-corrected chi connectivity index (χ2v) is 6.39. The lowest BCUT2D eigenvalue weighted by Gasteiger charge is -2.48. The normalized spacial score (nSPS) is 44.2. The van der Waals surface area contributed by atoms with E-state index >= 15 is 0 Å². The fourth-order valence-electron chi connectivity index (χ4n) is 4.14. The maximum absolute atomic E-state index is 9.36. The first-order valence-electron chi connectivity index (χ1n) is 6.95. The van der Waals surface area contributed by atoms with Crippen molar-refractivity contribution >= 4 is 0 Å². The van der Waals surface area contributed by atoms with Crippen LogP contribution >= 0.6 is 0 Å². The number of nitriles is 1. The molecule has 0 saturated heterocycles. The third-order valence-electron chi connectivity index (χ3n) is 5.47. The molecule has 0 aliphatic heterocycles. The summed E-state index contributed by atoms with van der Waals surface area (Å²) >= 11 is 0. The van der Waals surface area contributed by atoms with E-state index in [9.17, 15) is 5.26 Å². The molecule has 0 radical (unpaired) electrons. The van der Waals surface area contributed by atoms with E-state index in [2.05, 4.69) is 31.2 Å². The Hall–Kier alpha value is -1.03. The molecule has 0 heterocycles. The molecule has 0 bridgehead atoms. The van der Waals surface area contributed by atoms with Crippen LogP contribution in [0.3, 0.4) is 0 Å². The van der Waals surface area contributed by atoms with Crippen LogP contribution in [-0.4, -0.2) is 0 Å². The average molecular weight is 227 g/mol. The summed E-state index contributed by atoms with van der Waals surface area (Å²) in [5, 5.41) is 9.36. The van der Waals surface area contributed by atoms with Gasteiger partial charge in [-0.1, -0.05) is 30.7 Å². The Bertz CT molecular complexity index is 425. The molecular weight excluding hydrogens is 206 g/mol. The van der Waals surface area contributed by atoms with Gasteiger partial charge >= 0.3 is 0 Å². The van der Waals surface area contributed by atoms with Crippen LogP contribution in [-0.2, 0) is 0 Å². The molecule has 90 valence electrons. The molecule has 0 aromatic rings. The van der Waals surface area contributed by atoms with E-state index in [1.807, 2.05) is 0 Å². The van der Waals surface area contributed by atoms with Gasteiger partial charge in [0.1, 0.15) is 0 Å². The van der Waals surface area contributed by atoms with Crippen molar-refractivity contribution in [2.75, 3.05) is 0 Å². The Morgan fingerprint density at radius 1 is 1.29 bits per heavy atom. The van der Waals surface area contributed by atoms with Gasteiger partial charge in [0.2, 0.25) is 0 Å². The van der Waals surface area contributed by atoms with Crippen molar-refractivity contribution in [1.82, 2.24) is 0 Å². The highest BCUT2D eigenvalue weighted by Crippen LogP contribution is 2.58. The molecule has 1 saturated carbocycles. The zero-order valence-corrected chi connectivity index (χ0v) is 10.7. The largest absolute Gasteiger partial charge is 0.198 e. The van der Waals surface area contributed by atoms with Gasteiger partial charge in [-0.2, -0.15) is 5.26 Å². The lowest BCUT2D eigenvalue weighted by Crippen LogP contribution is -2.39. The molecule has 0 amide bonds. The topological polar surface area (TPSA) is 23.8 Å². The lowest BCUT2D eigenvalue weighted by molar-refractivity contribution is 0.140. The van der Waals surface area contributed by atoms with E-state index in [1.165, 1.54) is 32.1 Å². The first-order chi connectivity index (χ1) is 8.19. The number of hydrogen-bond donors (Lipinski definition) is 0. The number of allylic oxidation sites excluding steroid dienone is 4. The molecule has 3 unspecified atom stereocenters. The smallest absolute Gasteiger partial charge is 0.0665 e. The lowest BCUT2D eigenvalue weighted by atomic mass is 9.55. The minimum atomic E-state index is 0.189. The maximum atomic E-state index is 9.36. The quantitative estimate of drug-likeness (QED) is 0.564. The Balaban J connectivity index is 1.91. The second-order valence-electron chi connectivity index (χ2n) is 6.39. The highest BCUT2D eigenvalue weighted by Gasteiger charge is 2.47. The third-order valence-corrected chi connectivity index (χ3v) is 5.47. The van der Waals surface area contributed by atoms with Gasteiger partial charge in [-0.15, -0.1) is 0 Å². The minimum absolute atomic E-state index is 0.189. The Kier molecular flexibility index (Phi) is 2.43. The van der Waals surface area contributed by atoms with Crippen LogP contribution in [0.25, 0.3) is 0 Å². The summed E-state index contributed by atoms with van der Waals surface area (Å²) in [5.41, 5.74) is 2.24. The highest BCUT2D eigenvalue weighted by atomic mass is 14.5. The van der Waals surface area contributed by atoms with Gasteiger partial charge in [0.05, 0.1) is 12.0 Å². The SMILES string of the molecule is CC12CCC3(C=CCC3)CC1=CCCC2C#N. The molecule has 3 aliphatic rings. The van der Waals surface area contributed by atoms with Crippen LogP contribution in [0, 0.1) is 28.1 Å². The van der Waals surface area contributed by atoms with Crippen LogP contribution in [0.15, 0.2) is 23.8 Å². The van der Waals surface area contributed by atoms with Crippen molar-refractivity contribution in [1.29, 1.82) is 5.26 Å². The maximum Gasteiger partial charge on any atom is 0.0665 e. The van der Waals surface area contributed by atoms with E-state index in [4.69, 9.17) is 0 Å². The molecule has 1 heteroatoms. The van der Waals surface area contributed by atoms with Crippen molar-refractivity contribution in [3.05, 3.63) is 23.8 Å². The van der Waals surface area contributed by atoms with Gasteiger partial charge < -0.3 is 0 Å². The van der Waals surface area contributed by atoms with E-state index in [-0.39, 0.29) is 11.3 Å². The highest BCUT2D eigenvalue weighted by molar-refractivity contribution is 5.29. The second kappa shape index (κ2) is 3.73. The summed E-state index contributed by atoms with van der Waals surface area (Å²) in [7, 11) is 0. The monoisotopic (exact) mass is 227 g/mol. The molecular formula is C16H21N. The first kappa shape index (κ1) is 11.1. The van der Waals surface area contributed by atoms with Gasteiger partial charge in [0.15, 0.2) is 0 Å². The summed E-state index contributed by atoms with van der Waals surface area (Å²) in [6.45, 7) is 2.33. The zero-order valence-electron chi connectivity index (χ0n) is 10.7. The zero-order chi connectivity index (χ0) is 11.9. The number of fused-ring (bicyclic) bond motifs is 1. The van der Waals surface area contributed by atoms with Gasteiger partial charge in [-0.3, -0.25) is 0 Å². The molecule has 1 nitrogen and oxygen atoms in total. The van der Waals surface area contributed by atoms with Crippen LogP contribution in [0.4, 0.5) is 0 Å². The van der Waals surface area contributed by atoms with Crippen LogP contribution in [0.2, 0.25) is 0 Å². The Morgan fingerprint density at radius 2 is 2.18 bits per heavy atom. The molecule has 0 aromatic heterocycles. The van der Waals surface area contributed by atoms with Crippen molar-refractivity contribution in [2.24, 2.45) is 16.7 Å². The van der Waals surface area contributed by atoms with Crippen molar-refractivity contribution in [3.8, 4) is 6.07 Å². The Morgan fingerprint density at radius 3 is 2.88 bits per heavy atom. The summed E-state index contributed by atoms with van der Waals surface area (Å²) in [4.78, 5) is 0. The van der Waals surface area contributed by atoms with E-state index in [1.54, 1.807) is 5.57 Å². The fourth-order valence-corrected chi connectivity index (χ4v) is 4.14. The van der Waals surface area contributed by atoms with Crippen molar-refractivity contribution < 1.29 is 0 Å². The molecule has 0 N–H and O–H groups in total. The van der Waals surface area contributed by atoms with Crippen LogP contribution in [0.1, 0.15) is 51.9 Å². The van der Waals surface area contributed by atoms with Gasteiger partial charge in [-0.25, -0.2) is 0 Å². The van der Waals surface area contributed by atoms with Crippen molar-refractivity contribution in [3.63, 3.8) is 0 Å².